The second-order valence-corrected chi connectivity index (χ2v) is 3.97. The van der Waals surface area contributed by atoms with E-state index >= 15 is 0 Å². The molecule has 104 valence electrons. The van der Waals surface area contributed by atoms with Crippen molar-refractivity contribution in [3.63, 3.8) is 0 Å². The quantitative estimate of drug-likeness (QED) is 0.568. The lowest BCUT2D eigenvalue weighted by Crippen LogP contribution is -2.42. The van der Waals surface area contributed by atoms with Crippen molar-refractivity contribution in [2.45, 2.75) is 12.5 Å². The molecule has 1 aromatic heterocycles. The number of carbonyl (C=O) groups excluding carboxylic acids is 1. The number of carbonyl (C=O) groups is 2. The van der Waals surface area contributed by atoms with Gasteiger partial charge in [0.2, 0.25) is 0 Å². The molecule has 1 aromatic carbocycles. The summed E-state index contributed by atoms with van der Waals surface area (Å²) in [6, 6.07) is 4.90. The number of benzene rings is 1. The summed E-state index contributed by atoms with van der Waals surface area (Å²) in [5, 5.41) is 32.8. The Morgan fingerprint density at radius 3 is 2.55 bits per heavy atom. The molecule has 20 heavy (non-hydrogen) atoms. The lowest BCUT2D eigenvalue weighted by atomic mass is 10.1. The van der Waals surface area contributed by atoms with Crippen LogP contribution in [0.25, 0.3) is 0 Å². The van der Waals surface area contributed by atoms with Gasteiger partial charge in [0.25, 0.3) is 11.7 Å². The van der Waals surface area contributed by atoms with E-state index in [1.807, 2.05) is 0 Å². The van der Waals surface area contributed by atoms with E-state index in [1.165, 1.54) is 12.1 Å². The molecule has 0 bridgehead atoms. The summed E-state index contributed by atoms with van der Waals surface area (Å²) in [5.74, 6) is -2.07. The number of phenols is 1. The number of phenolic OH excluding ortho intramolecular Hbond substituents is 1. The standard InChI is InChI=1S/C11H11N5O4/c17-7-3-1-6(2-4-7)5-8(11(19)20)12-10(18)9-13-15-16-14-9/h1-4,8,17H,5H2,(H,12,18)(H,19,20)(H,13,14,15,16). The highest BCUT2D eigenvalue weighted by molar-refractivity contribution is 5.93. The van der Waals surface area contributed by atoms with E-state index in [9.17, 15) is 9.59 Å². The summed E-state index contributed by atoms with van der Waals surface area (Å²) in [6.45, 7) is 0. The number of nitrogens with zero attached hydrogens (tertiary/aromatic N) is 3. The highest BCUT2D eigenvalue weighted by Gasteiger charge is 2.23. The van der Waals surface area contributed by atoms with Crippen LogP contribution in [0.1, 0.15) is 16.2 Å². The molecule has 0 spiro atoms. The SMILES string of the molecule is O=C(NC(Cc1ccc(O)cc1)C(=O)O)c1nn[nH]n1. The monoisotopic (exact) mass is 277 g/mol. The van der Waals surface area contributed by atoms with Gasteiger partial charge in [0.05, 0.1) is 0 Å². The number of nitrogens with one attached hydrogen (secondary N) is 2. The van der Waals surface area contributed by atoms with Crippen molar-refractivity contribution in [1.29, 1.82) is 0 Å². The summed E-state index contributed by atoms with van der Waals surface area (Å²) in [7, 11) is 0. The predicted octanol–water partition coefficient (Wildman–Crippen LogP) is -0.669. The van der Waals surface area contributed by atoms with Crippen molar-refractivity contribution in [3.8, 4) is 5.75 Å². The number of hydrogen-bond donors (Lipinski definition) is 4. The lowest BCUT2D eigenvalue weighted by molar-refractivity contribution is -0.139. The zero-order valence-corrected chi connectivity index (χ0v) is 10.1. The maximum atomic E-state index is 11.7. The van der Waals surface area contributed by atoms with Gasteiger partial charge in [0.15, 0.2) is 0 Å². The number of aromatic nitrogens is 4. The van der Waals surface area contributed by atoms with Gasteiger partial charge in [-0.25, -0.2) is 4.79 Å². The zero-order chi connectivity index (χ0) is 14.5. The Kier molecular flexibility index (Phi) is 3.89. The van der Waals surface area contributed by atoms with Crippen LogP contribution in [0, 0.1) is 0 Å². The van der Waals surface area contributed by atoms with Crippen LogP contribution in [0.4, 0.5) is 0 Å². The Labute approximate surface area is 112 Å². The molecule has 9 nitrogen and oxygen atoms in total. The molecule has 4 N–H and O–H groups in total. The van der Waals surface area contributed by atoms with Gasteiger partial charge >= 0.3 is 5.97 Å². The molecule has 2 aromatic rings. The van der Waals surface area contributed by atoms with Crippen molar-refractivity contribution >= 4 is 11.9 Å². The molecule has 0 saturated carbocycles. The van der Waals surface area contributed by atoms with E-state index in [0.717, 1.165) is 0 Å². The number of rotatable bonds is 5. The van der Waals surface area contributed by atoms with E-state index < -0.39 is 17.9 Å². The fraction of sp³-hybridized carbons (Fsp3) is 0.182. The van der Waals surface area contributed by atoms with Gasteiger partial charge in [-0.3, -0.25) is 4.79 Å². The number of carboxylic acid groups (broad SMARTS) is 1. The molecule has 0 fully saturated rings. The molecule has 1 unspecified atom stereocenters. The number of aliphatic carboxylic acids is 1. The first-order chi connectivity index (χ1) is 9.56. The highest BCUT2D eigenvalue weighted by atomic mass is 16.4. The second kappa shape index (κ2) is 5.78. The molecule has 0 saturated heterocycles. The van der Waals surface area contributed by atoms with Gasteiger partial charge in [0.1, 0.15) is 11.8 Å². The van der Waals surface area contributed by atoms with Crippen LogP contribution in [0.2, 0.25) is 0 Å². The van der Waals surface area contributed by atoms with Crippen LogP contribution >= 0.6 is 0 Å². The first-order valence-electron chi connectivity index (χ1n) is 5.61. The number of amides is 1. The third-order valence-corrected chi connectivity index (χ3v) is 2.53. The van der Waals surface area contributed by atoms with Crippen molar-refractivity contribution in [2.75, 3.05) is 0 Å². The Balaban J connectivity index is 2.06. The molecule has 2 rings (SSSR count). The first kappa shape index (κ1) is 13.5. The minimum atomic E-state index is -1.19. The number of H-pyrrole nitrogens is 1. The molecule has 1 heterocycles. The normalized spacial score (nSPS) is 11.8. The predicted molar refractivity (Wildman–Crippen MR) is 64.9 cm³/mol. The molecule has 1 amide bonds. The van der Waals surface area contributed by atoms with Crippen molar-refractivity contribution in [1.82, 2.24) is 25.9 Å². The van der Waals surface area contributed by atoms with Crippen molar-refractivity contribution < 1.29 is 19.8 Å². The summed E-state index contributed by atoms with van der Waals surface area (Å²) in [4.78, 5) is 22.8. The maximum absolute atomic E-state index is 11.7. The average Bonchev–Trinajstić information content (AvgIpc) is 2.94. The lowest BCUT2D eigenvalue weighted by Gasteiger charge is -2.13. The Hall–Kier alpha value is -2.97. The van der Waals surface area contributed by atoms with E-state index in [0.29, 0.717) is 5.56 Å². The smallest absolute Gasteiger partial charge is 0.326 e. The van der Waals surface area contributed by atoms with Gasteiger partial charge in [-0.15, -0.1) is 10.2 Å². The van der Waals surface area contributed by atoms with Crippen LogP contribution in [-0.2, 0) is 11.2 Å². The van der Waals surface area contributed by atoms with Crippen LogP contribution in [0.15, 0.2) is 24.3 Å². The van der Waals surface area contributed by atoms with Gasteiger partial charge in [-0.2, -0.15) is 5.21 Å². The molecule has 9 heteroatoms. The third-order valence-electron chi connectivity index (χ3n) is 2.53. The maximum Gasteiger partial charge on any atom is 0.326 e. The summed E-state index contributed by atoms with van der Waals surface area (Å²) >= 11 is 0. The average molecular weight is 277 g/mol. The van der Waals surface area contributed by atoms with E-state index in [2.05, 4.69) is 25.9 Å². The Morgan fingerprint density at radius 2 is 2.00 bits per heavy atom. The Morgan fingerprint density at radius 1 is 1.30 bits per heavy atom. The molecular formula is C11H11N5O4. The first-order valence-corrected chi connectivity index (χ1v) is 5.61. The zero-order valence-electron chi connectivity index (χ0n) is 10.1. The minimum Gasteiger partial charge on any atom is -0.508 e. The number of aromatic hydroxyl groups is 1. The molecular weight excluding hydrogens is 266 g/mol. The minimum absolute atomic E-state index is 0.0687. The van der Waals surface area contributed by atoms with Gasteiger partial charge in [-0.1, -0.05) is 12.1 Å². The van der Waals surface area contributed by atoms with Crippen LogP contribution in [0.3, 0.4) is 0 Å². The Bertz CT molecular complexity index is 596. The van der Waals surface area contributed by atoms with Gasteiger partial charge in [-0.05, 0) is 22.9 Å². The van der Waals surface area contributed by atoms with E-state index in [4.69, 9.17) is 10.2 Å². The number of hydrogen-bond acceptors (Lipinski definition) is 6. The molecule has 0 aliphatic heterocycles. The summed E-state index contributed by atoms with van der Waals surface area (Å²) < 4.78 is 0. The second-order valence-electron chi connectivity index (χ2n) is 3.97. The van der Waals surface area contributed by atoms with Crippen molar-refractivity contribution in [3.05, 3.63) is 35.7 Å². The number of aromatic amines is 1. The highest BCUT2D eigenvalue weighted by Crippen LogP contribution is 2.11. The van der Waals surface area contributed by atoms with Crippen molar-refractivity contribution in [2.24, 2.45) is 0 Å². The molecule has 0 radical (unpaired) electrons. The van der Waals surface area contributed by atoms with E-state index in [1.54, 1.807) is 12.1 Å². The third kappa shape index (κ3) is 3.28. The van der Waals surface area contributed by atoms with E-state index in [-0.39, 0.29) is 18.0 Å². The van der Waals surface area contributed by atoms with Crippen LogP contribution in [-0.4, -0.2) is 48.8 Å². The molecule has 0 aliphatic rings. The summed E-state index contributed by atoms with van der Waals surface area (Å²) in [5.41, 5.74) is 0.656. The van der Waals surface area contributed by atoms with Gasteiger partial charge < -0.3 is 15.5 Å². The topological polar surface area (TPSA) is 141 Å². The molecule has 0 aliphatic carbocycles. The van der Waals surface area contributed by atoms with Crippen LogP contribution in [0.5, 0.6) is 5.75 Å². The fourth-order valence-corrected chi connectivity index (χ4v) is 1.55. The van der Waals surface area contributed by atoms with Crippen LogP contribution < -0.4 is 5.32 Å². The fourth-order valence-electron chi connectivity index (χ4n) is 1.55. The number of carboxylic acids is 1. The summed E-state index contributed by atoms with van der Waals surface area (Å²) in [6.07, 6.45) is 0.0687. The van der Waals surface area contributed by atoms with Gasteiger partial charge in [0, 0.05) is 6.42 Å². The largest absolute Gasteiger partial charge is 0.508 e. The number of tetrazole rings is 1. The molecule has 1 atom stereocenters.